The highest BCUT2D eigenvalue weighted by atomic mass is 32.1. The molecule has 0 saturated heterocycles. The van der Waals surface area contributed by atoms with Gasteiger partial charge in [0.15, 0.2) is 0 Å². The number of rotatable bonds is 5. The van der Waals surface area contributed by atoms with Crippen molar-refractivity contribution in [3.05, 3.63) is 22.4 Å². The minimum absolute atomic E-state index is 0.101. The van der Waals surface area contributed by atoms with Crippen LogP contribution in [0.4, 0.5) is 0 Å². The van der Waals surface area contributed by atoms with Crippen LogP contribution in [0.1, 0.15) is 24.1 Å². The minimum atomic E-state index is -0.842. The fourth-order valence-corrected chi connectivity index (χ4v) is 3.17. The summed E-state index contributed by atoms with van der Waals surface area (Å²) in [6.07, 6.45) is 2.97. The molecular formula is C13H17NO3S. The van der Waals surface area contributed by atoms with Crippen LogP contribution in [-0.2, 0) is 16.0 Å². The van der Waals surface area contributed by atoms with Crippen molar-refractivity contribution in [3.63, 3.8) is 0 Å². The second-order valence-corrected chi connectivity index (χ2v) is 5.63. The molecule has 0 aliphatic heterocycles. The van der Waals surface area contributed by atoms with E-state index in [2.05, 4.69) is 5.32 Å². The Balaban J connectivity index is 1.79. The van der Waals surface area contributed by atoms with E-state index in [9.17, 15) is 9.59 Å². The summed E-state index contributed by atoms with van der Waals surface area (Å²) < 4.78 is 0. The Morgan fingerprint density at radius 3 is 2.83 bits per heavy atom. The number of hydrogen-bond acceptors (Lipinski definition) is 3. The lowest BCUT2D eigenvalue weighted by Crippen LogP contribution is -2.36. The van der Waals surface area contributed by atoms with Crippen molar-refractivity contribution in [1.82, 2.24) is 5.32 Å². The SMILES string of the molecule is O=C(O)C1CCCC1C(=O)NCCc1cccs1. The predicted octanol–water partition coefficient (Wildman–Crippen LogP) is 1.91. The first-order valence-corrected chi connectivity index (χ1v) is 7.09. The van der Waals surface area contributed by atoms with Gasteiger partial charge in [-0.1, -0.05) is 12.5 Å². The van der Waals surface area contributed by atoms with Crippen LogP contribution in [0.25, 0.3) is 0 Å². The number of carbonyl (C=O) groups is 2. The molecule has 2 atom stereocenters. The van der Waals surface area contributed by atoms with Gasteiger partial charge in [-0.3, -0.25) is 9.59 Å². The summed E-state index contributed by atoms with van der Waals surface area (Å²) >= 11 is 1.67. The highest BCUT2D eigenvalue weighted by Gasteiger charge is 2.37. The second-order valence-electron chi connectivity index (χ2n) is 4.60. The second kappa shape index (κ2) is 6.00. The standard InChI is InChI=1S/C13H17NO3S/c15-12(10-4-1-5-11(10)13(16)17)14-7-6-9-3-2-8-18-9/h2-3,8,10-11H,1,4-7H2,(H,14,15)(H,16,17). The first kappa shape index (κ1) is 13.1. The fraction of sp³-hybridized carbons (Fsp3) is 0.538. The van der Waals surface area contributed by atoms with Crippen molar-refractivity contribution < 1.29 is 14.7 Å². The molecular weight excluding hydrogens is 250 g/mol. The Bertz CT molecular complexity index is 416. The Morgan fingerprint density at radius 1 is 1.39 bits per heavy atom. The molecule has 1 fully saturated rings. The summed E-state index contributed by atoms with van der Waals surface area (Å²) in [7, 11) is 0. The molecule has 1 aromatic rings. The van der Waals surface area contributed by atoms with Gasteiger partial charge in [-0.05, 0) is 30.7 Å². The average molecular weight is 267 g/mol. The summed E-state index contributed by atoms with van der Waals surface area (Å²) in [6, 6.07) is 4.02. The van der Waals surface area contributed by atoms with Crippen LogP contribution in [0.5, 0.6) is 0 Å². The molecule has 2 N–H and O–H groups in total. The summed E-state index contributed by atoms with van der Waals surface area (Å²) in [6.45, 7) is 0.586. The van der Waals surface area contributed by atoms with Crippen molar-refractivity contribution in [2.75, 3.05) is 6.54 Å². The van der Waals surface area contributed by atoms with Gasteiger partial charge in [0.2, 0.25) is 5.91 Å². The Hall–Kier alpha value is -1.36. The van der Waals surface area contributed by atoms with Crippen molar-refractivity contribution in [2.24, 2.45) is 11.8 Å². The minimum Gasteiger partial charge on any atom is -0.481 e. The van der Waals surface area contributed by atoms with Gasteiger partial charge >= 0.3 is 5.97 Å². The average Bonchev–Trinajstić information content (AvgIpc) is 2.99. The van der Waals surface area contributed by atoms with Gasteiger partial charge in [-0.25, -0.2) is 0 Å². The quantitative estimate of drug-likeness (QED) is 0.856. The van der Waals surface area contributed by atoms with Gasteiger partial charge < -0.3 is 10.4 Å². The number of nitrogens with one attached hydrogen (secondary N) is 1. The van der Waals surface area contributed by atoms with Crippen LogP contribution in [0.15, 0.2) is 17.5 Å². The Labute approximate surface area is 110 Å². The third-order valence-corrected chi connectivity index (χ3v) is 4.36. The van der Waals surface area contributed by atoms with Gasteiger partial charge in [0.05, 0.1) is 11.8 Å². The summed E-state index contributed by atoms with van der Waals surface area (Å²) in [5.74, 6) is -1.78. The third kappa shape index (κ3) is 3.10. The molecule has 2 rings (SSSR count). The molecule has 1 aromatic heterocycles. The molecule has 18 heavy (non-hydrogen) atoms. The molecule has 0 spiro atoms. The van der Waals surface area contributed by atoms with E-state index in [0.717, 1.165) is 12.8 Å². The summed E-state index contributed by atoms with van der Waals surface area (Å²) in [4.78, 5) is 24.1. The zero-order chi connectivity index (χ0) is 13.0. The highest BCUT2D eigenvalue weighted by molar-refractivity contribution is 7.09. The van der Waals surface area contributed by atoms with Crippen molar-refractivity contribution >= 4 is 23.2 Å². The van der Waals surface area contributed by atoms with Crippen LogP contribution in [0.3, 0.4) is 0 Å². The van der Waals surface area contributed by atoms with Gasteiger partial charge in [0, 0.05) is 11.4 Å². The largest absolute Gasteiger partial charge is 0.481 e. The van der Waals surface area contributed by atoms with Gasteiger partial charge in [-0.15, -0.1) is 11.3 Å². The van der Waals surface area contributed by atoms with E-state index in [1.807, 2.05) is 17.5 Å². The number of thiophene rings is 1. The zero-order valence-electron chi connectivity index (χ0n) is 10.1. The number of carboxylic acid groups (broad SMARTS) is 1. The normalized spacial score (nSPS) is 22.9. The van der Waals surface area contributed by atoms with E-state index in [-0.39, 0.29) is 11.8 Å². The molecule has 1 aliphatic carbocycles. The van der Waals surface area contributed by atoms with Gasteiger partial charge in [0.1, 0.15) is 0 Å². The van der Waals surface area contributed by atoms with Crippen molar-refractivity contribution in [1.29, 1.82) is 0 Å². The maximum Gasteiger partial charge on any atom is 0.307 e. The smallest absolute Gasteiger partial charge is 0.307 e. The monoisotopic (exact) mass is 267 g/mol. The van der Waals surface area contributed by atoms with Gasteiger partial charge in [0.25, 0.3) is 0 Å². The Morgan fingerprint density at radius 2 is 2.17 bits per heavy atom. The molecule has 5 heteroatoms. The molecule has 1 saturated carbocycles. The van der Waals surface area contributed by atoms with Crippen molar-refractivity contribution in [2.45, 2.75) is 25.7 Å². The van der Waals surface area contributed by atoms with Crippen molar-refractivity contribution in [3.8, 4) is 0 Å². The molecule has 1 aliphatic rings. The predicted molar refractivity (Wildman–Crippen MR) is 69.5 cm³/mol. The van der Waals surface area contributed by atoms with Crippen LogP contribution >= 0.6 is 11.3 Å². The number of carboxylic acids is 1. The molecule has 0 radical (unpaired) electrons. The maximum atomic E-state index is 11.9. The van der Waals surface area contributed by atoms with Crippen LogP contribution in [-0.4, -0.2) is 23.5 Å². The van der Waals surface area contributed by atoms with Crippen LogP contribution in [0.2, 0.25) is 0 Å². The Kier molecular flexibility index (Phi) is 4.36. The lowest BCUT2D eigenvalue weighted by molar-refractivity contribution is -0.146. The van der Waals surface area contributed by atoms with E-state index >= 15 is 0 Å². The maximum absolute atomic E-state index is 11.9. The van der Waals surface area contributed by atoms with Crippen LogP contribution < -0.4 is 5.32 Å². The number of carbonyl (C=O) groups excluding carboxylic acids is 1. The van der Waals surface area contributed by atoms with E-state index in [1.165, 1.54) is 4.88 Å². The van der Waals surface area contributed by atoms with E-state index in [0.29, 0.717) is 19.4 Å². The molecule has 1 amide bonds. The summed E-state index contributed by atoms with van der Waals surface area (Å²) in [5, 5.41) is 13.9. The van der Waals surface area contributed by atoms with E-state index < -0.39 is 11.9 Å². The third-order valence-electron chi connectivity index (χ3n) is 3.42. The first-order chi connectivity index (χ1) is 8.68. The fourth-order valence-electron chi connectivity index (χ4n) is 2.46. The first-order valence-electron chi connectivity index (χ1n) is 6.21. The molecule has 98 valence electrons. The zero-order valence-corrected chi connectivity index (χ0v) is 10.9. The number of amides is 1. The molecule has 1 heterocycles. The molecule has 2 unspecified atom stereocenters. The van der Waals surface area contributed by atoms with Crippen LogP contribution in [0, 0.1) is 11.8 Å². The molecule has 0 bridgehead atoms. The highest BCUT2D eigenvalue weighted by Crippen LogP contribution is 2.31. The lowest BCUT2D eigenvalue weighted by atomic mass is 9.95. The summed E-state index contributed by atoms with van der Waals surface area (Å²) in [5.41, 5.74) is 0. The number of aliphatic carboxylic acids is 1. The molecule has 0 aromatic carbocycles. The van der Waals surface area contributed by atoms with E-state index in [4.69, 9.17) is 5.11 Å². The topological polar surface area (TPSA) is 66.4 Å². The number of hydrogen-bond donors (Lipinski definition) is 2. The van der Waals surface area contributed by atoms with E-state index in [1.54, 1.807) is 11.3 Å². The lowest BCUT2D eigenvalue weighted by Gasteiger charge is -2.15. The van der Waals surface area contributed by atoms with Gasteiger partial charge in [-0.2, -0.15) is 0 Å². The molecule has 4 nitrogen and oxygen atoms in total.